The number of carbonyl (C=O) groups is 2. The van der Waals surface area contributed by atoms with Crippen LogP contribution in [0.15, 0.2) is 71.6 Å². The SMILES string of the molecule is CCOC(=O)c1ccc(OC2C[C@H]3CC[C@@H](C2)N3C(=O)c2ccc(CSc3cc(C)ccc3C)cc2)cc1. The third-order valence-electron chi connectivity index (χ3n) is 7.53. The summed E-state index contributed by atoms with van der Waals surface area (Å²) in [5.74, 6) is 1.44. The predicted octanol–water partition coefficient (Wildman–Crippen LogP) is 6.99. The number of esters is 1. The van der Waals surface area contributed by atoms with Gasteiger partial charge in [0, 0.05) is 41.1 Å². The fourth-order valence-electron chi connectivity index (χ4n) is 5.55. The predicted molar refractivity (Wildman–Crippen MR) is 151 cm³/mol. The van der Waals surface area contributed by atoms with Gasteiger partial charge in [0.1, 0.15) is 11.9 Å². The summed E-state index contributed by atoms with van der Waals surface area (Å²) in [6.45, 7) is 6.42. The number of hydrogen-bond donors (Lipinski definition) is 0. The zero-order valence-electron chi connectivity index (χ0n) is 22.3. The maximum absolute atomic E-state index is 13.5. The molecule has 2 saturated heterocycles. The molecule has 1 unspecified atom stereocenters. The molecule has 0 spiro atoms. The largest absolute Gasteiger partial charge is 0.490 e. The summed E-state index contributed by atoms with van der Waals surface area (Å²) in [4.78, 5) is 28.8. The van der Waals surface area contributed by atoms with Crippen LogP contribution in [0.5, 0.6) is 5.75 Å². The van der Waals surface area contributed by atoms with E-state index in [0.717, 1.165) is 42.7 Å². The van der Waals surface area contributed by atoms with E-state index >= 15 is 0 Å². The highest BCUT2D eigenvalue weighted by Crippen LogP contribution is 2.38. The number of rotatable bonds is 8. The second kappa shape index (κ2) is 11.6. The quantitative estimate of drug-likeness (QED) is 0.233. The highest BCUT2D eigenvalue weighted by atomic mass is 32.2. The number of piperidine rings is 1. The third kappa shape index (κ3) is 5.91. The van der Waals surface area contributed by atoms with Gasteiger partial charge in [0.2, 0.25) is 0 Å². The molecule has 198 valence electrons. The van der Waals surface area contributed by atoms with Crippen LogP contribution in [0.4, 0.5) is 0 Å². The van der Waals surface area contributed by atoms with Gasteiger partial charge in [-0.25, -0.2) is 4.79 Å². The number of amides is 1. The first-order chi connectivity index (χ1) is 18.4. The lowest BCUT2D eigenvalue weighted by Gasteiger charge is -2.39. The number of carbonyl (C=O) groups excluding carboxylic acids is 2. The van der Waals surface area contributed by atoms with Crippen molar-refractivity contribution in [2.45, 2.75) is 75.3 Å². The van der Waals surface area contributed by atoms with E-state index in [-0.39, 0.29) is 30.1 Å². The van der Waals surface area contributed by atoms with E-state index in [1.54, 1.807) is 19.1 Å². The summed E-state index contributed by atoms with van der Waals surface area (Å²) in [7, 11) is 0. The molecule has 0 radical (unpaired) electrons. The van der Waals surface area contributed by atoms with E-state index in [2.05, 4.69) is 49.1 Å². The molecule has 2 heterocycles. The van der Waals surface area contributed by atoms with E-state index < -0.39 is 0 Å². The van der Waals surface area contributed by atoms with Crippen molar-refractivity contribution in [3.8, 4) is 5.75 Å². The normalized spacial score (nSPS) is 20.3. The molecule has 0 aromatic heterocycles. The first kappa shape index (κ1) is 26.4. The molecular weight excluding hydrogens is 494 g/mol. The average molecular weight is 530 g/mol. The van der Waals surface area contributed by atoms with Gasteiger partial charge in [-0.3, -0.25) is 4.79 Å². The minimum atomic E-state index is -0.322. The number of ether oxygens (including phenoxy) is 2. The molecular formula is C32H35NO4S. The summed E-state index contributed by atoms with van der Waals surface area (Å²) >= 11 is 1.84. The Bertz CT molecular complexity index is 1270. The van der Waals surface area contributed by atoms with Gasteiger partial charge in [0.25, 0.3) is 5.91 Å². The lowest BCUT2D eigenvalue weighted by molar-refractivity contribution is 0.0359. The van der Waals surface area contributed by atoms with E-state index in [1.165, 1.54) is 21.6 Å². The Morgan fingerprint density at radius 2 is 1.55 bits per heavy atom. The van der Waals surface area contributed by atoms with Crippen LogP contribution in [-0.2, 0) is 10.5 Å². The van der Waals surface area contributed by atoms with Crippen molar-refractivity contribution in [1.29, 1.82) is 0 Å². The van der Waals surface area contributed by atoms with E-state index in [1.807, 2.05) is 36.0 Å². The maximum Gasteiger partial charge on any atom is 0.338 e. The summed E-state index contributed by atoms with van der Waals surface area (Å²) in [6.07, 6.45) is 3.75. The van der Waals surface area contributed by atoms with Gasteiger partial charge >= 0.3 is 5.97 Å². The van der Waals surface area contributed by atoms with Crippen LogP contribution >= 0.6 is 11.8 Å². The molecule has 6 heteroatoms. The first-order valence-corrected chi connectivity index (χ1v) is 14.5. The van der Waals surface area contributed by atoms with Crippen molar-refractivity contribution in [1.82, 2.24) is 4.90 Å². The van der Waals surface area contributed by atoms with Crippen LogP contribution < -0.4 is 4.74 Å². The van der Waals surface area contributed by atoms with Crippen molar-refractivity contribution in [2.75, 3.05) is 6.61 Å². The van der Waals surface area contributed by atoms with Gasteiger partial charge in [-0.05, 0) is 87.2 Å². The molecule has 3 atom stereocenters. The molecule has 1 amide bonds. The third-order valence-corrected chi connectivity index (χ3v) is 8.76. The molecule has 0 N–H and O–H groups in total. The smallest absolute Gasteiger partial charge is 0.338 e. The van der Waals surface area contributed by atoms with Crippen LogP contribution in [0.2, 0.25) is 0 Å². The Labute approximate surface area is 229 Å². The van der Waals surface area contributed by atoms with Gasteiger partial charge in [-0.15, -0.1) is 11.8 Å². The van der Waals surface area contributed by atoms with E-state index in [9.17, 15) is 9.59 Å². The van der Waals surface area contributed by atoms with Gasteiger partial charge in [-0.2, -0.15) is 0 Å². The van der Waals surface area contributed by atoms with E-state index in [4.69, 9.17) is 9.47 Å². The fraction of sp³-hybridized carbons (Fsp3) is 0.375. The molecule has 2 aliphatic rings. The lowest BCUT2D eigenvalue weighted by Crippen LogP contribution is -2.49. The molecule has 0 saturated carbocycles. The monoisotopic (exact) mass is 529 g/mol. The molecule has 5 rings (SSSR count). The molecule has 38 heavy (non-hydrogen) atoms. The lowest BCUT2D eigenvalue weighted by atomic mass is 9.98. The Morgan fingerprint density at radius 3 is 2.21 bits per heavy atom. The Balaban J connectivity index is 1.17. The van der Waals surface area contributed by atoms with Crippen LogP contribution in [0.25, 0.3) is 0 Å². The van der Waals surface area contributed by atoms with E-state index in [0.29, 0.717) is 12.2 Å². The molecule has 2 aliphatic heterocycles. The van der Waals surface area contributed by atoms with Crippen molar-refractivity contribution in [3.63, 3.8) is 0 Å². The Morgan fingerprint density at radius 1 is 0.895 bits per heavy atom. The number of aryl methyl sites for hydroxylation is 2. The molecule has 3 aromatic rings. The van der Waals surface area contributed by atoms with Gasteiger partial charge < -0.3 is 14.4 Å². The number of hydrogen-bond acceptors (Lipinski definition) is 5. The van der Waals surface area contributed by atoms with Gasteiger partial charge in [0.15, 0.2) is 0 Å². The Hall–Kier alpha value is -3.25. The van der Waals surface area contributed by atoms with Crippen molar-refractivity contribution in [2.24, 2.45) is 0 Å². The zero-order chi connectivity index (χ0) is 26.6. The second-order valence-electron chi connectivity index (χ2n) is 10.3. The molecule has 0 aliphatic carbocycles. The Kier molecular flexibility index (Phi) is 8.08. The number of thioether (sulfide) groups is 1. The summed E-state index contributed by atoms with van der Waals surface area (Å²) in [6, 6.07) is 22.2. The summed E-state index contributed by atoms with van der Waals surface area (Å²) in [5.41, 5.74) is 5.07. The topological polar surface area (TPSA) is 55.8 Å². The zero-order valence-corrected chi connectivity index (χ0v) is 23.1. The van der Waals surface area contributed by atoms with Gasteiger partial charge in [0.05, 0.1) is 12.2 Å². The molecule has 2 fully saturated rings. The van der Waals surface area contributed by atoms with Crippen molar-refractivity contribution >= 4 is 23.6 Å². The number of nitrogens with zero attached hydrogens (tertiary/aromatic N) is 1. The highest BCUT2D eigenvalue weighted by Gasteiger charge is 2.44. The van der Waals surface area contributed by atoms with Crippen molar-refractivity contribution < 1.29 is 19.1 Å². The minimum absolute atomic E-state index is 0.0643. The summed E-state index contributed by atoms with van der Waals surface area (Å²) in [5, 5.41) is 0. The second-order valence-corrected chi connectivity index (χ2v) is 11.3. The molecule has 5 nitrogen and oxygen atoms in total. The van der Waals surface area contributed by atoms with Crippen molar-refractivity contribution in [3.05, 3.63) is 94.5 Å². The average Bonchev–Trinajstić information content (AvgIpc) is 3.19. The summed E-state index contributed by atoms with van der Waals surface area (Å²) < 4.78 is 11.3. The maximum atomic E-state index is 13.5. The van der Waals surface area contributed by atoms with Crippen LogP contribution in [-0.4, -0.2) is 41.6 Å². The number of fused-ring (bicyclic) bond motifs is 2. The first-order valence-electron chi connectivity index (χ1n) is 13.5. The highest BCUT2D eigenvalue weighted by molar-refractivity contribution is 7.98. The number of benzene rings is 3. The fourth-order valence-corrected chi connectivity index (χ4v) is 6.63. The van der Waals surface area contributed by atoms with Crippen LogP contribution in [0.3, 0.4) is 0 Å². The van der Waals surface area contributed by atoms with Crippen LogP contribution in [0.1, 0.15) is 70.0 Å². The van der Waals surface area contributed by atoms with Gasteiger partial charge in [-0.1, -0.05) is 29.8 Å². The molecule has 3 aromatic carbocycles. The standard InChI is InChI=1S/C32H35NO4S/c1-4-36-32(35)25-11-15-28(16-12-25)37-29-18-26-13-14-27(19-29)33(26)31(34)24-9-7-23(8-10-24)20-38-30-17-21(2)5-6-22(30)3/h5-12,15-17,26-27,29H,4,13-14,18-20H2,1-3H3/t26-,27+,29?. The van der Waals surface area contributed by atoms with Crippen LogP contribution in [0, 0.1) is 13.8 Å². The minimum Gasteiger partial charge on any atom is -0.490 e. The molecule has 2 bridgehead atoms.